The molecule has 4 heteroatoms. The maximum atomic E-state index is 4.49. The number of nitrogens with zero attached hydrogens (tertiary/aromatic N) is 1. The minimum atomic E-state index is 0.716. The maximum Gasteiger partial charge on any atom is 0.106 e. The van der Waals surface area contributed by atoms with Gasteiger partial charge in [0.15, 0.2) is 0 Å². The summed E-state index contributed by atoms with van der Waals surface area (Å²) in [6, 6.07) is 4.22. The van der Waals surface area contributed by atoms with Crippen LogP contribution in [-0.4, -0.2) is 10.2 Å². The van der Waals surface area contributed by atoms with Crippen molar-refractivity contribution in [2.24, 2.45) is 0 Å². The Hall–Kier alpha value is -0.610. The van der Waals surface area contributed by atoms with E-state index in [2.05, 4.69) is 43.6 Å². The molecule has 1 aliphatic rings. The second kappa shape index (κ2) is 4.34. The van der Waals surface area contributed by atoms with Crippen LogP contribution < -0.4 is 0 Å². The van der Waals surface area contributed by atoms with Gasteiger partial charge in [-0.05, 0) is 24.3 Å². The summed E-state index contributed by atoms with van der Waals surface area (Å²) in [5.74, 6) is 0.716. The number of alkyl halides is 1. The summed E-state index contributed by atoms with van der Waals surface area (Å²) in [7, 11) is 0. The number of aromatic nitrogens is 2. The molecule has 2 heterocycles. The van der Waals surface area contributed by atoms with Gasteiger partial charge < -0.3 is 0 Å². The van der Waals surface area contributed by atoms with Gasteiger partial charge in [-0.15, -0.1) is 11.3 Å². The van der Waals surface area contributed by atoms with Crippen LogP contribution in [0.15, 0.2) is 17.5 Å². The molecule has 0 radical (unpaired) electrons. The second-order valence-electron chi connectivity index (χ2n) is 4.20. The number of H-pyrrole nitrogens is 1. The van der Waals surface area contributed by atoms with Gasteiger partial charge in [0.1, 0.15) is 5.69 Å². The van der Waals surface area contributed by atoms with E-state index in [4.69, 9.17) is 0 Å². The fourth-order valence-electron chi connectivity index (χ4n) is 2.17. The molecule has 84 valence electrons. The van der Waals surface area contributed by atoms with Crippen LogP contribution in [0.3, 0.4) is 0 Å². The van der Waals surface area contributed by atoms with Gasteiger partial charge in [-0.3, -0.25) is 5.10 Å². The number of nitrogens with one attached hydrogen (secondary N) is 1. The molecule has 16 heavy (non-hydrogen) atoms. The normalized spacial score (nSPS) is 16.3. The molecule has 0 unspecified atom stereocenters. The molecular formula is C12H13BrN2S. The van der Waals surface area contributed by atoms with E-state index in [1.165, 1.54) is 35.4 Å². The highest BCUT2D eigenvalue weighted by Crippen LogP contribution is 2.40. The van der Waals surface area contributed by atoms with E-state index in [0.29, 0.717) is 5.92 Å². The summed E-state index contributed by atoms with van der Waals surface area (Å²) in [5.41, 5.74) is 3.84. The molecular weight excluding hydrogens is 284 g/mol. The summed E-state index contributed by atoms with van der Waals surface area (Å²) in [6.45, 7) is 0. The predicted octanol–water partition coefficient (Wildman–Crippen LogP) is 4.30. The van der Waals surface area contributed by atoms with E-state index in [1.54, 1.807) is 11.3 Å². The number of hydrogen-bond acceptors (Lipinski definition) is 2. The summed E-state index contributed by atoms with van der Waals surface area (Å²) in [6.07, 6.45) is 3.98. The summed E-state index contributed by atoms with van der Waals surface area (Å²) >= 11 is 5.34. The molecule has 3 rings (SSSR count). The Morgan fingerprint density at radius 2 is 2.38 bits per heavy atom. The maximum absolute atomic E-state index is 4.49. The SMILES string of the molecule is BrCc1c(-c2cccs2)n[nH]c1C1CCC1. The van der Waals surface area contributed by atoms with Crippen molar-refractivity contribution in [3.8, 4) is 10.6 Å². The fraction of sp³-hybridized carbons (Fsp3) is 0.417. The summed E-state index contributed by atoms with van der Waals surface area (Å²) in [5, 5.41) is 10.7. The van der Waals surface area contributed by atoms with Crippen molar-refractivity contribution in [1.29, 1.82) is 0 Å². The van der Waals surface area contributed by atoms with Gasteiger partial charge in [0.2, 0.25) is 0 Å². The standard InChI is InChI=1S/C12H13BrN2S/c13-7-9-11(8-3-1-4-8)14-15-12(9)10-5-2-6-16-10/h2,5-6,8H,1,3-4,7H2,(H,14,15). The van der Waals surface area contributed by atoms with Gasteiger partial charge in [-0.25, -0.2) is 0 Å². The quantitative estimate of drug-likeness (QED) is 0.841. The summed E-state index contributed by atoms with van der Waals surface area (Å²) < 4.78 is 0. The zero-order valence-corrected chi connectivity index (χ0v) is 11.3. The Kier molecular flexibility index (Phi) is 2.86. The van der Waals surface area contributed by atoms with Crippen molar-refractivity contribution in [1.82, 2.24) is 10.2 Å². The Bertz CT molecular complexity index is 471. The third-order valence-corrected chi connectivity index (χ3v) is 4.74. The van der Waals surface area contributed by atoms with E-state index in [1.807, 2.05) is 0 Å². The average molecular weight is 297 g/mol. The van der Waals surface area contributed by atoms with Crippen LogP contribution in [0.1, 0.15) is 36.4 Å². The monoisotopic (exact) mass is 296 g/mol. The highest BCUT2D eigenvalue weighted by atomic mass is 79.9. The van der Waals surface area contributed by atoms with Crippen molar-refractivity contribution in [2.45, 2.75) is 30.5 Å². The van der Waals surface area contributed by atoms with Crippen LogP contribution in [0.25, 0.3) is 10.6 Å². The molecule has 0 aliphatic heterocycles. The smallest absolute Gasteiger partial charge is 0.106 e. The zero-order valence-electron chi connectivity index (χ0n) is 8.87. The number of hydrogen-bond donors (Lipinski definition) is 1. The van der Waals surface area contributed by atoms with Gasteiger partial charge >= 0.3 is 0 Å². The zero-order chi connectivity index (χ0) is 11.0. The Morgan fingerprint density at radius 3 is 2.94 bits per heavy atom. The number of halogens is 1. The van der Waals surface area contributed by atoms with Crippen molar-refractivity contribution >= 4 is 27.3 Å². The van der Waals surface area contributed by atoms with Crippen LogP contribution in [0.5, 0.6) is 0 Å². The van der Waals surface area contributed by atoms with Gasteiger partial charge in [0, 0.05) is 22.5 Å². The molecule has 2 aromatic rings. The highest BCUT2D eigenvalue weighted by Gasteiger charge is 2.26. The van der Waals surface area contributed by atoms with Crippen molar-refractivity contribution in [3.63, 3.8) is 0 Å². The topological polar surface area (TPSA) is 28.7 Å². The molecule has 0 atom stereocenters. The first-order chi connectivity index (χ1) is 7.90. The third kappa shape index (κ3) is 1.64. The third-order valence-electron chi connectivity index (χ3n) is 3.30. The van der Waals surface area contributed by atoms with E-state index < -0.39 is 0 Å². The molecule has 1 fully saturated rings. The Labute approximate surface area is 107 Å². The first-order valence-corrected chi connectivity index (χ1v) is 7.57. The van der Waals surface area contributed by atoms with Crippen molar-refractivity contribution in [3.05, 3.63) is 28.8 Å². The molecule has 1 N–H and O–H groups in total. The lowest BCUT2D eigenvalue weighted by Gasteiger charge is -2.24. The van der Waals surface area contributed by atoms with E-state index in [9.17, 15) is 0 Å². The molecule has 0 aromatic carbocycles. The lowest BCUT2D eigenvalue weighted by Crippen LogP contribution is -2.10. The summed E-state index contributed by atoms with van der Waals surface area (Å²) in [4.78, 5) is 1.26. The number of aromatic amines is 1. The van der Waals surface area contributed by atoms with Crippen LogP contribution >= 0.6 is 27.3 Å². The van der Waals surface area contributed by atoms with E-state index >= 15 is 0 Å². The van der Waals surface area contributed by atoms with Crippen molar-refractivity contribution < 1.29 is 0 Å². The molecule has 2 aromatic heterocycles. The highest BCUT2D eigenvalue weighted by molar-refractivity contribution is 9.08. The molecule has 0 spiro atoms. The first kappa shape index (κ1) is 10.5. The minimum absolute atomic E-state index is 0.716. The minimum Gasteiger partial charge on any atom is -0.281 e. The molecule has 1 saturated carbocycles. The van der Waals surface area contributed by atoms with Gasteiger partial charge in [0.25, 0.3) is 0 Å². The number of rotatable bonds is 3. The molecule has 2 nitrogen and oxygen atoms in total. The largest absolute Gasteiger partial charge is 0.281 e. The van der Waals surface area contributed by atoms with Gasteiger partial charge in [-0.2, -0.15) is 5.10 Å². The van der Waals surface area contributed by atoms with E-state index in [-0.39, 0.29) is 0 Å². The van der Waals surface area contributed by atoms with Gasteiger partial charge in [-0.1, -0.05) is 28.4 Å². The second-order valence-corrected chi connectivity index (χ2v) is 5.71. The van der Waals surface area contributed by atoms with Crippen LogP contribution in [0, 0.1) is 0 Å². The lowest BCUT2D eigenvalue weighted by atomic mass is 9.81. The van der Waals surface area contributed by atoms with Gasteiger partial charge in [0.05, 0.1) is 4.88 Å². The molecule has 0 bridgehead atoms. The Balaban J connectivity index is 2.02. The van der Waals surface area contributed by atoms with Crippen LogP contribution in [-0.2, 0) is 5.33 Å². The average Bonchev–Trinajstić information content (AvgIpc) is 2.81. The molecule has 1 aliphatic carbocycles. The molecule has 0 amide bonds. The predicted molar refractivity (Wildman–Crippen MR) is 71.1 cm³/mol. The Morgan fingerprint density at radius 1 is 1.50 bits per heavy atom. The molecule has 0 saturated heterocycles. The number of thiophene rings is 1. The van der Waals surface area contributed by atoms with Crippen molar-refractivity contribution in [2.75, 3.05) is 0 Å². The van der Waals surface area contributed by atoms with Crippen LogP contribution in [0.2, 0.25) is 0 Å². The first-order valence-electron chi connectivity index (χ1n) is 5.57. The lowest BCUT2D eigenvalue weighted by molar-refractivity contribution is 0.409. The van der Waals surface area contributed by atoms with Crippen LogP contribution in [0.4, 0.5) is 0 Å². The van der Waals surface area contributed by atoms with E-state index in [0.717, 1.165) is 11.0 Å². The fourth-order valence-corrected chi connectivity index (χ4v) is 3.47.